The number of aryl methyl sites for hydroxylation is 1. The van der Waals surface area contributed by atoms with Crippen molar-refractivity contribution in [3.8, 4) is 16.9 Å². The van der Waals surface area contributed by atoms with Crippen LogP contribution in [0.25, 0.3) is 11.1 Å². The van der Waals surface area contributed by atoms with E-state index >= 15 is 0 Å². The number of nitrogens with one attached hydrogen (secondary N) is 1. The first-order valence-corrected chi connectivity index (χ1v) is 13.2. The SMILES string of the molecule is COc1cc(-c2cn(C)c(=O)c(C)c2C)ccc1CN1CCN(CC2CCNCC2)CC1.O=C(O)C(F)(F)F. The summed E-state index contributed by atoms with van der Waals surface area (Å²) in [4.78, 5) is 26.3. The Morgan fingerprint density at radius 1 is 1.08 bits per heavy atom. The Morgan fingerprint density at radius 3 is 2.23 bits per heavy atom. The summed E-state index contributed by atoms with van der Waals surface area (Å²) in [5.74, 6) is -0.974. The van der Waals surface area contributed by atoms with Gasteiger partial charge in [0.15, 0.2) is 0 Å². The highest BCUT2D eigenvalue weighted by atomic mass is 19.4. The van der Waals surface area contributed by atoms with Gasteiger partial charge in [0.05, 0.1) is 7.11 Å². The van der Waals surface area contributed by atoms with Crippen LogP contribution in [0.1, 0.15) is 29.5 Å². The maximum absolute atomic E-state index is 12.2. The number of carboxylic acid groups (broad SMARTS) is 1. The van der Waals surface area contributed by atoms with Crippen LogP contribution in [-0.4, -0.2) is 84.5 Å². The van der Waals surface area contributed by atoms with Crippen molar-refractivity contribution in [2.45, 2.75) is 39.4 Å². The second-order valence-electron chi connectivity index (χ2n) is 10.3. The molecule has 2 aliphatic heterocycles. The van der Waals surface area contributed by atoms with Crippen molar-refractivity contribution >= 4 is 5.97 Å². The van der Waals surface area contributed by atoms with Gasteiger partial charge in [0.2, 0.25) is 0 Å². The Hall–Kier alpha value is -2.89. The average molecular weight is 553 g/mol. The average Bonchev–Trinajstić information content (AvgIpc) is 2.91. The molecular weight excluding hydrogens is 513 g/mol. The predicted molar refractivity (Wildman–Crippen MR) is 144 cm³/mol. The Balaban J connectivity index is 0.000000532. The fraction of sp³-hybridized carbons (Fsp3) is 0.571. The third-order valence-corrected chi connectivity index (χ3v) is 7.60. The monoisotopic (exact) mass is 552 g/mol. The number of methoxy groups -OCH3 is 1. The summed E-state index contributed by atoms with van der Waals surface area (Å²) in [6, 6.07) is 6.47. The van der Waals surface area contributed by atoms with E-state index in [1.54, 1.807) is 11.7 Å². The van der Waals surface area contributed by atoms with Crippen molar-refractivity contribution in [3.63, 3.8) is 0 Å². The standard InChI is InChI=1S/C26H38N4O2.C2HF3O2/c1-19-20(2)26(31)28(3)18-24(19)22-5-6-23(25(15-22)32-4)17-30-13-11-29(12-14-30)16-21-7-9-27-10-8-21;3-2(4,5)1(6)7/h5-6,15,18,21,27H,7-14,16-17H2,1-4H3;(H,6,7). The van der Waals surface area contributed by atoms with Gasteiger partial charge in [-0.1, -0.05) is 12.1 Å². The number of carboxylic acids is 1. The van der Waals surface area contributed by atoms with Crippen molar-refractivity contribution < 1.29 is 27.8 Å². The van der Waals surface area contributed by atoms with Crippen molar-refractivity contribution in [1.29, 1.82) is 0 Å². The van der Waals surface area contributed by atoms with E-state index < -0.39 is 12.1 Å². The van der Waals surface area contributed by atoms with Crippen LogP contribution in [0.3, 0.4) is 0 Å². The van der Waals surface area contributed by atoms with Gasteiger partial charge in [0.25, 0.3) is 5.56 Å². The summed E-state index contributed by atoms with van der Waals surface area (Å²) in [6.07, 6.45) is -0.516. The van der Waals surface area contributed by atoms with E-state index in [-0.39, 0.29) is 5.56 Å². The number of ether oxygens (including phenoxy) is 1. The fourth-order valence-electron chi connectivity index (χ4n) is 5.11. The van der Waals surface area contributed by atoms with Gasteiger partial charge in [0.1, 0.15) is 5.75 Å². The van der Waals surface area contributed by atoms with Crippen molar-refractivity contribution in [2.24, 2.45) is 13.0 Å². The van der Waals surface area contributed by atoms with Crippen LogP contribution >= 0.6 is 0 Å². The number of rotatable bonds is 6. The fourth-order valence-corrected chi connectivity index (χ4v) is 5.11. The summed E-state index contributed by atoms with van der Waals surface area (Å²) < 4.78 is 39.2. The van der Waals surface area contributed by atoms with Crippen LogP contribution in [-0.2, 0) is 18.4 Å². The third kappa shape index (κ3) is 8.30. The number of carbonyl (C=O) groups is 1. The van der Waals surface area contributed by atoms with Crippen LogP contribution in [0.15, 0.2) is 29.2 Å². The summed E-state index contributed by atoms with van der Waals surface area (Å²) in [6.45, 7) is 13.0. The predicted octanol–water partition coefficient (Wildman–Crippen LogP) is 3.43. The molecule has 39 heavy (non-hydrogen) atoms. The number of piperidine rings is 1. The lowest BCUT2D eigenvalue weighted by molar-refractivity contribution is -0.192. The largest absolute Gasteiger partial charge is 0.496 e. The second kappa shape index (κ2) is 13.5. The molecule has 0 aliphatic carbocycles. The Labute approximate surface area is 227 Å². The molecule has 0 spiro atoms. The molecule has 8 nitrogen and oxygen atoms in total. The molecule has 2 N–H and O–H groups in total. The molecule has 1 aromatic heterocycles. The van der Waals surface area contributed by atoms with E-state index in [1.165, 1.54) is 38.0 Å². The molecule has 0 atom stereocenters. The smallest absolute Gasteiger partial charge is 0.490 e. The summed E-state index contributed by atoms with van der Waals surface area (Å²) in [5.41, 5.74) is 5.30. The number of hydrogen-bond acceptors (Lipinski definition) is 6. The van der Waals surface area contributed by atoms with Crippen LogP contribution in [0, 0.1) is 19.8 Å². The number of hydrogen-bond donors (Lipinski definition) is 2. The molecule has 0 amide bonds. The molecule has 216 valence electrons. The van der Waals surface area contributed by atoms with E-state index in [1.807, 2.05) is 27.1 Å². The van der Waals surface area contributed by atoms with Gasteiger partial charge in [-0.3, -0.25) is 9.69 Å². The zero-order valence-electron chi connectivity index (χ0n) is 23.1. The first-order valence-electron chi connectivity index (χ1n) is 13.2. The Morgan fingerprint density at radius 2 is 1.67 bits per heavy atom. The van der Waals surface area contributed by atoms with Crippen molar-refractivity contribution in [2.75, 3.05) is 52.9 Å². The minimum Gasteiger partial charge on any atom is -0.496 e. The molecule has 0 saturated carbocycles. The van der Waals surface area contributed by atoms with E-state index in [0.29, 0.717) is 0 Å². The lowest BCUT2D eigenvalue weighted by atomic mass is 9.97. The lowest BCUT2D eigenvalue weighted by Gasteiger charge is -2.37. The van der Waals surface area contributed by atoms with E-state index in [9.17, 15) is 18.0 Å². The van der Waals surface area contributed by atoms with Crippen molar-refractivity contribution in [1.82, 2.24) is 19.7 Å². The molecule has 2 fully saturated rings. The number of pyridine rings is 1. The minimum absolute atomic E-state index is 0.0640. The molecule has 4 rings (SSSR count). The van der Waals surface area contributed by atoms with Crippen LogP contribution in [0.2, 0.25) is 0 Å². The van der Waals surface area contributed by atoms with Gasteiger partial charge in [-0.15, -0.1) is 0 Å². The van der Waals surface area contributed by atoms with E-state index in [4.69, 9.17) is 14.6 Å². The molecule has 2 aliphatic rings. The molecule has 2 aromatic rings. The van der Waals surface area contributed by atoms with Gasteiger partial charge < -0.3 is 24.6 Å². The van der Waals surface area contributed by atoms with E-state index in [0.717, 1.165) is 66.6 Å². The highest BCUT2D eigenvalue weighted by Gasteiger charge is 2.38. The first-order chi connectivity index (χ1) is 18.4. The molecule has 0 bridgehead atoms. The zero-order valence-corrected chi connectivity index (χ0v) is 23.1. The number of piperazine rings is 1. The van der Waals surface area contributed by atoms with Gasteiger partial charge in [-0.05, 0) is 62.9 Å². The highest BCUT2D eigenvalue weighted by molar-refractivity contribution is 5.73. The summed E-state index contributed by atoms with van der Waals surface area (Å²) in [7, 11) is 3.56. The molecule has 2 saturated heterocycles. The second-order valence-corrected chi connectivity index (χ2v) is 10.3. The van der Waals surface area contributed by atoms with Gasteiger partial charge in [-0.25, -0.2) is 4.79 Å². The number of halogens is 3. The minimum atomic E-state index is -5.08. The topological polar surface area (TPSA) is 87.0 Å². The maximum atomic E-state index is 12.2. The number of benzene rings is 1. The van der Waals surface area contributed by atoms with Crippen LogP contribution in [0.5, 0.6) is 5.75 Å². The van der Waals surface area contributed by atoms with Gasteiger partial charge in [-0.2, -0.15) is 13.2 Å². The molecular formula is C28H39F3N4O4. The number of aromatic nitrogens is 1. The molecule has 1 aromatic carbocycles. The maximum Gasteiger partial charge on any atom is 0.490 e. The van der Waals surface area contributed by atoms with Crippen molar-refractivity contribution in [3.05, 3.63) is 51.4 Å². The zero-order chi connectivity index (χ0) is 28.7. The van der Waals surface area contributed by atoms with Crippen LogP contribution < -0.4 is 15.6 Å². The van der Waals surface area contributed by atoms with E-state index in [2.05, 4.69) is 33.3 Å². The summed E-state index contributed by atoms with van der Waals surface area (Å²) in [5, 5.41) is 10.6. The Kier molecular flexibility index (Phi) is 10.6. The van der Waals surface area contributed by atoms with Crippen LogP contribution in [0.4, 0.5) is 13.2 Å². The van der Waals surface area contributed by atoms with Gasteiger partial charge >= 0.3 is 12.1 Å². The molecule has 0 radical (unpaired) electrons. The Bertz CT molecular complexity index is 1180. The normalized spacial score (nSPS) is 17.4. The molecule has 3 heterocycles. The number of alkyl halides is 3. The first kappa shape index (κ1) is 30.6. The summed E-state index contributed by atoms with van der Waals surface area (Å²) >= 11 is 0. The highest BCUT2D eigenvalue weighted by Crippen LogP contribution is 2.30. The van der Waals surface area contributed by atoms with Gasteiger partial charge in [0, 0.05) is 69.2 Å². The number of aliphatic carboxylic acids is 1. The molecule has 11 heteroatoms. The number of nitrogens with zero attached hydrogens (tertiary/aromatic N) is 3. The quantitative estimate of drug-likeness (QED) is 0.568. The lowest BCUT2D eigenvalue weighted by Crippen LogP contribution is -2.48. The third-order valence-electron chi connectivity index (χ3n) is 7.60. The molecule has 0 unspecified atom stereocenters.